The quantitative estimate of drug-likeness (QED) is 0.754. The second kappa shape index (κ2) is 4.09. The van der Waals surface area contributed by atoms with Gasteiger partial charge in [-0.2, -0.15) is 0 Å². The van der Waals surface area contributed by atoms with Gasteiger partial charge >= 0.3 is 0 Å². The van der Waals surface area contributed by atoms with Crippen molar-refractivity contribution in [1.29, 1.82) is 0 Å². The van der Waals surface area contributed by atoms with E-state index in [0.29, 0.717) is 0 Å². The van der Waals surface area contributed by atoms with Gasteiger partial charge in [-0.25, -0.2) is 8.57 Å². The molecule has 0 N–H and O–H groups in total. The van der Waals surface area contributed by atoms with Crippen LogP contribution in [0.3, 0.4) is 0 Å². The molecule has 0 spiro atoms. The van der Waals surface area contributed by atoms with Crippen molar-refractivity contribution in [1.82, 2.24) is 4.98 Å². The second-order valence-corrected chi connectivity index (χ2v) is 6.35. The number of aryl methyl sites for hydroxylation is 1. The molecule has 0 fully saturated rings. The van der Waals surface area contributed by atoms with E-state index in [-0.39, 0.29) is 5.25 Å². The Hall–Kier alpha value is -0.900. The van der Waals surface area contributed by atoms with Gasteiger partial charge in [-0.3, -0.25) is 4.98 Å². The topological polar surface area (TPSA) is 42.3 Å². The number of hydrogen-bond donors (Lipinski definition) is 0. The van der Waals surface area contributed by atoms with Gasteiger partial charge in [0.15, 0.2) is 0 Å². The molecule has 0 aromatic carbocycles. The molecule has 1 rings (SSSR count). The number of aromatic nitrogens is 1. The molecule has 0 radical (unpaired) electrons. The largest absolute Gasteiger partial charge is 0.260 e. The second-order valence-electron chi connectivity index (χ2n) is 3.44. The summed E-state index contributed by atoms with van der Waals surface area (Å²) in [6, 6.07) is 3.71. The van der Waals surface area contributed by atoms with Crippen molar-refractivity contribution in [2.75, 3.05) is 7.05 Å². The van der Waals surface area contributed by atoms with E-state index < -0.39 is 9.73 Å². The van der Waals surface area contributed by atoms with Gasteiger partial charge < -0.3 is 0 Å². The Labute approximate surface area is 85.8 Å². The van der Waals surface area contributed by atoms with E-state index in [1.165, 1.54) is 0 Å². The molecule has 0 aliphatic heterocycles. The summed E-state index contributed by atoms with van der Waals surface area (Å²) in [6.45, 7) is 5.73. The lowest BCUT2D eigenvalue weighted by molar-refractivity contribution is 0.668. The van der Waals surface area contributed by atoms with Crippen molar-refractivity contribution in [3.8, 4) is 0 Å². The van der Waals surface area contributed by atoms with Gasteiger partial charge in [0.05, 0.1) is 14.6 Å². The molecule has 1 unspecified atom stereocenters. The van der Waals surface area contributed by atoms with Crippen LogP contribution in [0.1, 0.15) is 19.5 Å². The average Bonchev–Trinajstić information content (AvgIpc) is 2.17. The van der Waals surface area contributed by atoms with Crippen LogP contribution in [0.4, 0.5) is 0 Å². The third kappa shape index (κ3) is 1.95. The zero-order valence-electron chi connectivity index (χ0n) is 9.02. The molecule has 1 aromatic heterocycles. The molecule has 14 heavy (non-hydrogen) atoms. The summed E-state index contributed by atoms with van der Waals surface area (Å²) in [7, 11) is -0.677. The third-order valence-corrected chi connectivity index (χ3v) is 4.87. The highest BCUT2D eigenvalue weighted by Crippen LogP contribution is 2.17. The summed E-state index contributed by atoms with van der Waals surface area (Å²) < 4.78 is 16.4. The summed E-state index contributed by atoms with van der Waals surface area (Å²) in [5, 5.41) is 0.0111. The van der Waals surface area contributed by atoms with Crippen molar-refractivity contribution >= 4 is 9.73 Å². The molecular weight excluding hydrogens is 196 g/mol. The van der Waals surface area contributed by atoms with Crippen molar-refractivity contribution in [2.45, 2.75) is 30.9 Å². The number of hydrogen-bond acceptors (Lipinski definition) is 3. The number of nitrogens with zero attached hydrogens (tertiary/aromatic N) is 2. The Balaban J connectivity index is 3.29. The zero-order valence-corrected chi connectivity index (χ0v) is 9.84. The van der Waals surface area contributed by atoms with Gasteiger partial charge in [-0.15, -0.1) is 0 Å². The first-order chi connectivity index (χ1) is 6.50. The Bertz CT molecular complexity index is 414. The predicted octanol–water partition coefficient (Wildman–Crippen LogP) is 2.26. The molecule has 4 heteroatoms. The summed E-state index contributed by atoms with van der Waals surface area (Å²) in [6.07, 6.45) is 1.66. The molecule has 0 saturated carbocycles. The standard InChI is InChI=1S/C10H16N2OS/c1-8(2)14(13,11-4)10-6-5-9(3)12-7-10/h5-8H,1-4H3. The lowest BCUT2D eigenvalue weighted by Gasteiger charge is -2.12. The smallest absolute Gasteiger partial charge is 0.0788 e. The monoisotopic (exact) mass is 212 g/mol. The lowest BCUT2D eigenvalue weighted by Crippen LogP contribution is -2.14. The van der Waals surface area contributed by atoms with Crippen LogP contribution < -0.4 is 0 Å². The average molecular weight is 212 g/mol. The first-order valence-corrected chi connectivity index (χ1v) is 6.15. The first-order valence-electron chi connectivity index (χ1n) is 4.57. The van der Waals surface area contributed by atoms with E-state index in [2.05, 4.69) is 9.35 Å². The summed E-state index contributed by atoms with van der Waals surface area (Å²) in [5.74, 6) is 0. The van der Waals surface area contributed by atoms with Crippen molar-refractivity contribution in [2.24, 2.45) is 4.36 Å². The van der Waals surface area contributed by atoms with E-state index in [9.17, 15) is 4.21 Å². The van der Waals surface area contributed by atoms with Crippen molar-refractivity contribution < 1.29 is 4.21 Å². The van der Waals surface area contributed by atoms with E-state index in [4.69, 9.17) is 0 Å². The van der Waals surface area contributed by atoms with Crippen LogP contribution in [0.15, 0.2) is 27.6 Å². The molecule has 0 bridgehead atoms. The van der Waals surface area contributed by atoms with Gasteiger partial charge in [0.1, 0.15) is 0 Å². The fraction of sp³-hybridized carbons (Fsp3) is 0.500. The minimum atomic E-state index is -2.28. The summed E-state index contributed by atoms with van der Waals surface area (Å²) in [5.41, 5.74) is 0.926. The molecular formula is C10H16N2OS. The Morgan fingerprint density at radius 3 is 2.43 bits per heavy atom. The molecule has 3 nitrogen and oxygen atoms in total. The normalized spacial score (nSPS) is 15.2. The van der Waals surface area contributed by atoms with Crippen LogP contribution in [0.5, 0.6) is 0 Å². The maximum atomic E-state index is 12.4. The number of pyridine rings is 1. The van der Waals surface area contributed by atoms with Crippen LogP contribution in [0.25, 0.3) is 0 Å². The zero-order chi connectivity index (χ0) is 10.8. The predicted molar refractivity (Wildman–Crippen MR) is 58.9 cm³/mol. The van der Waals surface area contributed by atoms with E-state index in [0.717, 1.165) is 10.6 Å². The van der Waals surface area contributed by atoms with Crippen LogP contribution in [0, 0.1) is 6.92 Å². The van der Waals surface area contributed by atoms with Crippen LogP contribution in [-0.2, 0) is 9.73 Å². The third-order valence-electron chi connectivity index (χ3n) is 2.13. The van der Waals surface area contributed by atoms with Gasteiger partial charge in [0.25, 0.3) is 0 Å². The SMILES string of the molecule is CN=S(=O)(c1ccc(C)nc1)C(C)C. The fourth-order valence-electron chi connectivity index (χ4n) is 1.22. The van der Waals surface area contributed by atoms with E-state index in [1.807, 2.05) is 32.9 Å². The van der Waals surface area contributed by atoms with Gasteiger partial charge in [-0.05, 0) is 32.9 Å². The molecule has 0 aliphatic rings. The maximum absolute atomic E-state index is 12.4. The molecule has 0 aliphatic carbocycles. The highest BCUT2D eigenvalue weighted by Gasteiger charge is 2.16. The molecule has 0 amide bonds. The molecule has 1 heterocycles. The van der Waals surface area contributed by atoms with E-state index >= 15 is 0 Å². The molecule has 1 atom stereocenters. The van der Waals surface area contributed by atoms with Gasteiger partial charge in [0, 0.05) is 24.2 Å². The molecule has 1 aromatic rings. The minimum Gasteiger partial charge on any atom is -0.260 e. The maximum Gasteiger partial charge on any atom is 0.0788 e. The Morgan fingerprint density at radius 1 is 1.43 bits per heavy atom. The minimum absolute atomic E-state index is 0.0111. The number of rotatable bonds is 2. The molecule has 78 valence electrons. The fourth-order valence-corrected chi connectivity index (χ4v) is 2.86. The Morgan fingerprint density at radius 2 is 2.07 bits per heavy atom. The van der Waals surface area contributed by atoms with Crippen LogP contribution in [0.2, 0.25) is 0 Å². The summed E-state index contributed by atoms with van der Waals surface area (Å²) >= 11 is 0. The summed E-state index contributed by atoms with van der Waals surface area (Å²) in [4.78, 5) is 4.86. The Kier molecular flexibility index (Phi) is 3.26. The first kappa shape index (κ1) is 11.2. The molecule has 0 saturated heterocycles. The van der Waals surface area contributed by atoms with E-state index in [1.54, 1.807) is 13.2 Å². The van der Waals surface area contributed by atoms with Gasteiger partial charge in [-0.1, -0.05) is 0 Å². The van der Waals surface area contributed by atoms with Crippen LogP contribution in [-0.4, -0.2) is 21.5 Å². The highest BCUT2D eigenvalue weighted by atomic mass is 32.2. The van der Waals surface area contributed by atoms with Gasteiger partial charge in [0.2, 0.25) is 0 Å². The highest BCUT2D eigenvalue weighted by molar-refractivity contribution is 7.94. The van der Waals surface area contributed by atoms with Crippen molar-refractivity contribution in [3.05, 3.63) is 24.0 Å². The lowest BCUT2D eigenvalue weighted by atomic mass is 10.4. The van der Waals surface area contributed by atoms with Crippen LogP contribution >= 0.6 is 0 Å². The van der Waals surface area contributed by atoms with Crippen molar-refractivity contribution in [3.63, 3.8) is 0 Å².